The second-order valence-corrected chi connectivity index (χ2v) is 4.94. The van der Waals surface area contributed by atoms with Crippen molar-refractivity contribution < 1.29 is 9.53 Å². The molecule has 1 aromatic rings. The van der Waals surface area contributed by atoms with Crippen molar-refractivity contribution in [2.75, 3.05) is 6.61 Å². The third kappa shape index (κ3) is 3.42. The fraction of sp³-hybridized carbons (Fsp3) is 0.125. The molecule has 0 unspecified atom stereocenters. The Balaban J connectivity index is 2.91. The third-order valence-corrected chi connectivity index (χ3v) is 2.73. The van der Waals surface area contributed by atoms with Gasteiger partial charge in [0.1, 0.15) is 0 Å². The Morgan fingerprint density at radius 3 is 2.57 bits per heavy atom. The molecule has 0 spiro atoms. The maximum Gasteiger partial charge on any atom is 0.259 e. The molecule has 14 heavy (non-hydrogen) atoms. The fourth-order valence-corrected chi connectivity index (χ4v) is 2.71. The van der Waals surface area contributed by atoms with Crippen molar-refractivity contribution in [1.29, 1.82) is 0 Å². The molecule has 0 radical (unpaired) electrons. The normalized spacial score (nSPS) is 10.0. The van der Waals surface area contributed by atoms with Crippen molar-refractivity contribution in [3.05, 3.63) is 26.1 Å². The monoisotopic (exact) mass is 360 g/mol. The summed E-state index contributed by atoms with van der Waals surface area (Å²) in [7, 11) is 0. The zero-order valence-corrected chi connectivity index (χ0v) is 11.4. The van der Waals surface area contributed by atoms with Gasteiger partial charge < -0.3 is 4.74 Å². The van der Waals surface area contributed by atoms with Crippen molar-refractivity contribution in [2.45, 2.75) is 0 Å². The Hall–Kier alpha value is 0.230. The summed E-state index contributed by atoms with van der Waals surface area (Å²) in [5, 5.41) is -0.167. The van der Waals surface area contributed by atoms with E-state index in [2.05, 4.69) is 31.9 Å². The average molecular weight is 363 g/mol. The van der Waals surface area contributed by atoms with Gasteiger partial charge in [-0.3, -0.25) is 4.79 Å². The SMILES string of the molecule is O=C(Cl)COc1c(Cl)cc(Br)cc1Br. The molecule has 6 heteroatoms. The number of ether oxygens (including phenoxy) is 1. The van der Waals surface area contributed by atoms with Gasteiger partial charge in [0, 0.05) is 4.47 Å². The predicted octanol–water partition coefficient (Wildman–Crippen LogP) is 4.01. The van der Waals surface area contributed by atoms with Crippen LogP contribution in [0.2, 0.25) is 5.02 Å². The van der Waals surface area contributed by atoms with Crippen LogP contribution in [0.5, 0.6) is 5.75 Å². The van der Waals surface area contributed by atoms with E-state index in [1.165, 1.54) is 0 Å². The van der Waals surface area contributed by atoms with Gasteiger partial charge in [-0.15, -0.1) is 0 Å². The highest BCUT2D eigenvalue weighted by Crippen LogP contribution is 2.36. The lowest BCUT2D eigenvalue weighted by Crippen LogP contribution is -2.05. The molecular weight excluding hydrogens is 359 g/mol. The predicted molar refractivity (Wildman–Crippen MR) is 63.2 cm³/mol. The Morgan fingerprint density at radius 2 is 2.07 bits per heavy atom. The molecule has 0 atom stereocenters. The van der Waals surface area contributed by atoms with Crippen molar-refractivity contribution in [3.8, 4) is 5.75 Å². The zero-order chi connectivity index (χ0) is 10.7. The molecule has 0 saturated heterocycles. The first kappa shape index (κ1) is 12.3. The topological polar surface area (TPSA) is 26.3 Å². The number of hydrogen-bond donors (Lipinski definition) is 0. The molecule has 1 rings (SSSR count). The Bertz CT molecular complexity index is 345. The number of rotatable bonds is 3. The highest BCUT2D eigenvalue weighted by molar-refractivity contribution is 9.11. The summed E-state index contributed by atoms with van der Waals surface area (Å²) in [6.45, 7) is -0.207. The standard InChI is InChI=1S/C8H4Br2Cl2O2/c9-4-1-5(10)8(6(11)2-4)14-3-7(12)13/h1-2H,3H2. The van der Waals surface area contributed by atoms with Gasteiger partial charge >= 0.3 is 0 Å². The smallest absolute Gasteiger partial charge is 0.259 e. The first-order chi connectivity index (χ1) is 6.50. The summed E-state index contributed by atoms with van der Waals surface area (Å²) in [6, 6.07) is 3.43. The van der Waals surface area contributed by atoms with Gasteiger partial charge in [0.05, 0.1) is 9.50 Å². The number of halogens is 4. The van der Waals surface area contributed by atoms with Crippen LogP contribution in [0.4, 0.5) is 0 Å². The third-order valence-electron chi connectivity index (χ3n) is 1.29. The summed E-state index contributed by atoms with van der Waals surface area (Å²) in [5.41, 5.74) is 0. The molecule has 0 fully saturated rings. The zero-order valence-electron chi connectivity index (χ0n) is 6.69. The largest absolute Gasteiger partial charge is 0.482 e. The quantitative estimate of drug-likeness (QED) is 0.759. The van der Waals surface area contributed by atoms with Gasteiger partial charge in [0.25, 0.3) is 5.24 Å². The Labute approximate surface area is 108 Å². The molecule has 0 heterocycles. The maximum atomic E-state index is 10.5. The lowest BCUT2D eigenvalue weighted by atomic mass is 10.3. The number of carbonyl (C=O) groups excluding carboxylic acids is 1. The van der Waals surface area contributed by atoms with E-state index in [-0.39, 0.29) is 6.61 Å². The first-order valence-electron chi connectivity index (χ1n) is 3.46. The fourth-order valence-electron chi connectivity index (χ4n) is 0.796. The van der Waals surface area contributed by atoms with E-state index in [4.69, 9.17) is 27.9 Å². The second-order valence-electron chi connectivity index (χ2n) is 2.34. The maximum absolute atomic E-state index is 10.5. The van der Waals surface area contributed by atoms with E-state index in [0.29, 0.717) is 15.2 Å². The van der Waals surface area contributed by atoms with Crippen LogP contribution in [0, 0.1) is 0 Å². The Morgan fingerprint density at radius 1 is 1.43 bits per heavy atom. The molecule has 0 aliphatic heterocycles. The molecule has 0 aromatic heterocycles. The molecule has 76 valence electrons. The van der Waals surface area contributed by atoms with Crippen molar-refractivity contribution in [3.63, 3.8) is 0 Å². The van der Waals surface area contributed by atoms with E-state index in [1.54, 1.807) is 12.1 Å². The van der Waals surface area contributed by atoms with Gasteiger partial charge in [-0.05, 0) is 39.7 Å². The molecule has 1 aromatic carbocycles. The van der Waals surface area contributed by atoms with Crippen LogP contribution < -0.4 is 4.74 Å². The van der Waals surface area contributed by atoms with E-state index < -0.39 is 5.24 Å². The highest BCUT2D eigenvalue weighted by atomic mass is 79.9. The van der Waals surface area contributed by atoms with Gasteiger partial charge in [-0.1, -0.05) is 27.5 Å². The molecular formula is C8H4Br2Cl2O2. The summed E-state index contributed by atoms with van der Waals surface area (Å²) >= 11 is 17.5. The van der Waals surface area contributed by atoms with Gasteiger partial charge in [-0.25, -0.2) is 0 Å². The summed E-state index contributed by atoms with van der Waals surface area (Å²) in [6.07, 6.45) is 0. The minimum Gasteiger partial charge on any atom is -0.482 e. The van der Waals surface area contributed by atoms with E-state index >= 15 is 0 Å². The van der Waals surface area contributed by atoms with Crippen LogP contribution in [0.25, 0.3) is 0 Å². The summed E-state index contributed by atoms with van der Waals surface area (Å²) in [5.74, 6) is 0.406. The van der Waals surface area contributed by atoms with Gasteiger partial charge in [0.15, 0.2) is 12.4 Å². The minimum absolute atomic E-state index is 0.207. The van der Waals surface area contributed by atoms with E-state index in [0.717, 1.165) is 4.47 Å². The molecule has 0 bridgehead atoms. The number of carbonyl (C=O) groups is 1. The lowest BCUT2D eigenvalue weighted by Gasteiger charge is -2.08. The first-order valence-corrected chi connectivity index (χ1v) is 5.80. The number of hydrogen-bond acceptors (Lipinski definition) is 2. The van der Waals surface area contributed by atoms with Crippen LogP contribution in [-0.4, -0.2) is 11.8 Å². The van der Waals surface area contributed by atoms with Crippen LogP contribution in [-0.2, 0) is 4.79 Å². The van der Waals surface area contributed by atoms with Crippen molar-refractivity contribution in [1.82, 2.24) is 0 Å². The van der Waals surface area contributed by atoms with Crippen molar-refractivity contribution in [2.24, 2.45) is 0 Å². The Kier molecular flexibility index (Phi) is 4.70. The molecule has 0 amide bonds. The molecule has 0 aliphatic carbocycles. The number of benzene rings is 1. The molecule has 0 N–H and O–H groups in total. The average Bonchev–Trinajstić information content (AvgIpc) is 2.01. The summed E-state index contributed by atoms with van der Waals surface area (Å²) in [4.78, 5) is 10.5. The van der Waals surface area contributed by atoms with Crippen LogP contribution in [0.3, 0.4) is 0 Å². The van der Waals surface area contributed by atoms with Crippen LogP contribution in [0.1, 0.15) is 0 Å². The van der Waals surface area contributed by atoms with Crippen molar-refractivity contribution >= 4 is 60.3 Å². The minimum atomic E-state index is -0.573. The van der Waals surface area contributed by atoms with Gasteiger partial charge in [-0.2, -0.15) is 0 Å². The summed E-state index contributed by atoms with van der Waals surface area (Å²) < 4.78 is 6.58. The second kappa shape index (κ2) is 5.35. The van der Waals surface area contributed by atoms with E-state index in [9.17, 15) is 4.79 Å². The molecule has 0 saturated carbocycles. The van der Waals surface area contributed by atoms with E-state index in [1.807, 2.05) is 0 Å². The molecule has 2 nitrogen and oxygen atoms in total. The highest BCUT2D eigenvalue weighted by Gasteiger charge is 2.09. The van der Waals surface area contributed by atoms with Crippen LogP contribution >= 0.6 is 55.1 Å². The lowest BCUT2D eigenvalue weighted by molar-refractivity contribution is -0.113. The van der Waals surface area contributed by atoms with Gasteiger partial charge in [0.2, 0.25) is 0 Å². The molecule has 0 aliphatic rings. The van der Waals surface area contributed by atoms with Crippen LogP contribution in [0.15, 0.2) is 21.1 Å².